The van der Waals surface area contributed by atoms with Crippen LogP contribution in [0.15, 0.2) is 71.1 Å². The molecule has 0 fully saturated rings. The summed E-state index contributed by atoms with van der Waals surface area (Å²) in [7, 11) is -3.55. The number of pyridine rings is 1. The molecular formula is C21H18N2O2S2. The molecule has 0 unspecified atom stereocenters. The van der Waals surface area contributed by atoms with Gasteiger partial charge in [0.05, 0.1) is 17.0 Å². The van der Waals surface area contributed by atoms with Crippen LogP contribution in [0.25, 0.3) is 21.5 Å². The van der Waals surface area contributed by atoms with E-state index < -0.39 is 9.84 Å². The lowest BCUT2D eigenvalue weighted by molar-refractivity contribution is 0.591. The highest BCUT2D eigenvalue weighted by atomic mass is 32.2. The molecule has 0 bridgehead atoms. The predicted molar refractivity (Wildman–Crippen MR) is 110 cm³/mol. The van der Waals surface area contributed by atoms with Crippen molar-refractivity contribution >= 4 is 32.1 Å². The monoisotopic (exact) mass is 394 g/mol. The van der Waals surface area contributed by atoms with Crippen molar-refractivity contribution < 1.29 is 8.42 Å². The number of nitrogens with zero attached hydrogens (tertiary/aromatic N) is 2. The number of thiazole rings is 1. The minimum atomic E-state index is -3.55. The molecule has 0 aliphatic rings. The highest BCUT2D eigenvalue weighted by Crippen LogP contribution is 2.26. The fraction of sp³-hybridized carbons (Fsp3) is 0.143. The molecule has 2 aromatic heterocycles. The fourth-order valence-electron chi connectivity index (χ4n) is 2.88. The second kappa shape index (κ2) is 7.21. The average Bonchev–Trinajstić information content (AvgIpc) is 3.15. The van der Waals surface area contributed by atoms with Gasteiger partial charge >= 0.3 is 0 Å². The van der Waals surface area contributed by atoms with Gasteiger partial charge in [0.2, 0.25) is 9.84 Å². The Morgan fingerprint density at radius 2 is 1.70 bits per heavy atom. The third-order valence-electron chi connectivity index (χ3n) is 4.39. The summed E-state index contributed by atoms with van der Waals surface area (Å²) in [5.74, 6) is -0.151. The van der Waals surface area contributed by atoms with E-state index in [0.29, 0.717) is 11.2 Å². The molecule has 0 saturated carbocycles. The Kier molecular flexibility index (Phi) is 4.76. The Bertz CT molecular complexity index is 1200. The van der Waals surface area contributed by atoms with Gasteiger partial charge in [0.1, 0.15) is 5.01 Å². The van der Waals surface area contributed by atoms with Crippen LogP contribution in [0.1, 0.15) is 18.2 Å². The zero-order chi connectivity index (χ0) is 18.9. The molecule has 2 heterocycles. The quantitative estimate of drug-likeness (QED) is 0.483. The smallest absolute Gasteiger partial charge is 0.201 e. The van der Waals surface area contributed by atoms with Crippen LogP contribution in [0.5, 0.6) is 0 Å². The van der Waals surface area contributed by atoms with Crippen LogP contribution in [0.4, 0.5) is 0 Å². The first-order valence-corrected chi connectivity index (χ1v) is 11.2. The van der Waals surface area contributed by atoms with Crippen LogP contribution in [0.3, 0.4) is 0 Å². The summed E-state index contributed by atoms with van der Waals surface area (Å²) in [6.07, 6.45) is 0.987. The first-order valence-electron chi connectivity index (χ1n) is 8.67. The number of hydrogen-bond donors (Lipinski definition) is 0. The van der Waals surface area contributed by atoms with Gasteiger partial charge in [0.15, 0.2) is 5.03 Å². The van der Waals surface area contributed by atoms with Crippen molar-refractivity contribution in [1.82, 2.24) is 9.97 Å². The number of hydrogen-bond acceptors (Lipinski definition) is 5. The molecule has 0 aliphatic carbocycles. The number of aryl methyl sites for hydroxylation is 1. The molecule has 2 aromatic carbocycles. The fourth-order valence-corrected chi connectivity index (χ4v) is 5.01. The highest BCUT2D eigenvalue weighted by Gasteiger charge is 2.19. The number of rotatable bonds is 5. The molecule has 4 rings (SSSR count). The summed E-state index contributed by atoms with van der Waals surface area (Å²) >= 11 is 1.46. The van der Waals surface area contributed by atoms with Gasteiger partial charge in [-0.3, -0.25) is 0 Å². The lowest BCUT2D eigenvalue weighted by Crippen LogP contribution is -2.07. The second-order valence-electron chi connectivity index (χ2n) is 6.30. The minimum Gasteiger partial charge on any atom is -0.240 e. The third-order valence-corrected chi connectivity index (χ3v) is 6.87. The molecule has 4 nitrogen and oxygen atoms in total. The van der Waals surface area contributed by atoms with Gasteiger partial charge in [0.25, 0.3) is 0 Å². The molecule has 136 valence electrons. The Labute approximate surface area is 162 Å². The topological polar surface area (TPSA) is 59.9 Å². The highest BCUT2D eigenvalue weighted by molar-refractivity contribution is 7.90. The average molecular weight is 395 g/mol. The van der Waals surface area contributed by atoms with Gasteiger partial charge < -0.3 is 0 Å². The van der Waals surface area contributed by atoms with Gasteiger partial charge in [0, 0.05) is 16.3 Å². The summed E-state index contributed by atoms with van der Waals surface area (Å²) in [5, 5.41) is 3.64. The molecule has 4 aromatic rings. The summed E-state index contributed by atoms with van der Waals surface area (Å²) in [6.45, 7) is 2.11. The van der Waals surface area contributed by atoms with Crippen LogP contribution in [-0.4, -0.2) is 18.4 Å². The van der Waals surface area contributed by atoms with E-state index >= 15 is 0 Å². The molecular weight excluding hydrogens is 376 g/mol. The van der Waals surface area contributed by atoms with Crippen molar-refractivity contribution in [2.75, 3.05) is 0 Å². The summed E-state index contributed by atoms with van der Waals surface area (Å²) in [5.41, 5.74) is 3.49. The van der Waals surface area contributed by atoms with Crippen molar-refractivity contribution in [1.29, 1.82) is 0 Å². The van der Waals surface area contributed by atoms with Gasteiger partial charge in [-0.15, -0.1) is 11.3 Å². The Morgan fingerprint density at radius 1 is 0.926 bits per heavy atom. The first-order chi connectivity index (χ1) is 13.0. The van der Waals surface area contributed by atoms with Crippen LogP contribution < -0.4 is 0 Å². The maximum absolute atomic E-state index is 12.8. The van der Waals surface area contributed by atoms with E-state index in [4.69, 9.17) is 0 Å². The van der Waals surface area contributed by atoms with E-state index in [9.17, 15) is 8.42 Å². The molecule has 27 heavy (non-hydrogen) atoms. The molecule has 0 amide bonds. The van der Waals surface area contributed by atoms with Crippen molar-refractivity contribution in [3.05, 3.63) is 77.3 Å². The summed E-state index contributed by atoms with van der Waals surface area (Å²) < 4.78 is 25.6. The van der Waals surface area contributed by atoms with Crippen molar-refractivity contribution in [2.24, 2.45) is 0 Å². The molecule has 0 N–H and O–H groups in total. The number of aromatic nitrogens is 2. The van der Waals surface area contributed by atoms with Gasteiger partial charge in [-0.25, -0.2) is 18.4 Å². The number of benzene rings is 2. The van der Waals surface area contributed by atoms with Crippen LogP contribution in [-0.2, 0) is 22.0 Å². The maximum Gasteiger partial charge on any atom is 0.201 e. The van der Waals surface area contributed by atoms with E-state index in [-0.39, 0.29) is 10.8 Å². The minimum absolute atomic E-state index is 0.0862. The van der Waals surface area contributed by atoms with Crippen molar-refractivity contribution in [3.8, 4) is 10.6 Å². The number of para-hydroxylation sites is 1. The zero-order valence-electron chi connectivity index (χ0n) is 14.8. The van der Waals surface area contributed by atoms with Crippen LogP contribution in [0, 0.1) is 0 Å². The van der Waals surface area contributed by atoms with E-state index in [2.05, 4.69) is 29.0 Å². The number of sulfone groups is 1. The van der Waals surface area contributed by atoms with Gasteiger partial charge in [-0.2, -0.15) is 0 Å². The van der Waals surface area contributed by atoms with E-state index in [0.717, 1.165) is 22.4 Å². The normalized spacial score (nSPS) is 11.7. The molecule has 0 spiro atoms. The SMILES string of the molecule is CCc1ccc(-c2nc(CS(=O)(=O)c3ccc4ccccc4n3)cs2)cc1. The molecule has 0 radical (unpaired) electrons. The summed E-state index contributed by atoms with van der Waals surface area (Å²) in [4.78, 5) is 8.84. The molecule has 0 aliphatic heterocycles. The second-order valence-corrected chi connectivity index (χ2v) is 9.09. The van der Waals surface area contributed by atoms with E-state index in [1.54, 1.807) is 12.1 Å². The Hall–Kier alpha value is -2.57. The summed E-state index contributed by atoms with van der Waals surface area (Å²) in [6, 6.07) is 19.0. The first kappa shape index (κ1) is 17.8. The lowest BCUT2D eigenvalue weighted by Gasteiger charge is -2.04. The maximum atomic E-state index is 12.8. The van der Waals surface area contributed by atoms with Crippen LogP contribution in [0.2, 0.25) is 0 Å². The molecule has 0 saturated heterocycles. The molecule has 6 heteroatoms. The van der Waals surface area contributed by atoms with Crippen molar-refractivity contribution in [2.45, 2.75) is 24.1 Å². The Morgan fingerprint density at radius 3 is 2.48 bits per heavy atom. The largest absolute Gasteiger partial charge is 0.240 e. The number of fused-ring (bicyclic) bond motifs is 1. The van der Waals surface area contributed by atoms with Gasteiger partial charge in [-0.05, 0) is 30.2 Å². The van der Waals surface area contributed by atoms with E-state index in [1.807, 2.05) is 41.8 Å². The van der Waals surface area contributed by atoms with E-state index in [1.165, 1.54) is 16.9 Å². The van der Waals surface area contributed by atoms with Crippen LogP contribution >= 0.6 is 11.3 Å². The lowest BCUT2D eigenvalue weighted by atomic mass is 10.1. The Balaban J connectivity index is 1.59. The molecule has 0 atom stereocenters. The predicted octanol–water partition coefficient (Wildman–Crippen LogP) is 4.89. The van der Waals surface area contributed by atoms with Crippen molar-refractivity contribution in [3.63, 3.8) is 0 Å². The zero-order valence-corrected chi connectivity index (χ0v) is 16.4. The standard InChI is InChI=1S/C21H18N2O2S2/c1-2-15-7-9-17(10-8-15)21-22-18(13-26-21)14-27(24,25)20-12-11-16-5-3-4-6-19(16)23-20/h3-13H,2,14H2,1H3. The third kappa shape index (κ3) is 3.77. The van der Waals surface area contributed by atoms with Gasteiger partial charge in [-0.1, -0.05) is 49.4 Å².